The van der Waals surface area contributed by atoms with Gasteiger partial charge in [-0.15, -0.1) is 0 Å². The Labute approximate surface area is 119 Å². The minimum absolute atomic E-state index is 0.0721. The number of methoxy groups -OCH3 is 1. The number of hydrogen-bond donors (Lipinski definition) is 0. The van der Waals surface area contributed by atoms with E-state index in [4.69, 9.17) is 4.74 Å². The van der Waals surface area contributed by atoms with Crippen molar-refractivity contribution in [3.63, 3.8) is 0 Å². The van der Waals surface area contributed by atoms with Crippen LogP contribution in [0.15, 0.2) is 52.3 Å². The first-order chi connectivity index (χ1) is 9.63. The van der Waals surface area contributed by atoms with Gasteiger partial charge < -0.3 is 4.74 Å². The summed E-state index contributed by atoms with van der Waals surface area (Å²) in [5, 5.41) is 10.8. The second-order valence-electron chi connectivity index (χ2n) is 3.88. The molecule has 2 aromatic carbocycles. The van der Waals surface area contributed by atoms with Crippen molar-refractivity contribution in [2.45, 2.75) is 9.79 Å². The van der Waals surface area contributed by atoms with Crippen LogP contribution in [0.1, 0.15) is 10.4 Å². The monoisotopic (exact) mass is 289 g/mol. The molecular weight excluding hydrogens is 278 g/mol. The molecule has 0 bridgehead atoms. The minimum Gasteiger partial charge on any atom is -0.497 e. The first kappa shape index (κ1) is 14.1. The molecule has 0 aliphatic heterocycles. The lowest BCUT2D eigenvalue weighted by Gasteiger charge is -2.05. The van der Waals surface area contributed by atoms with Gasteiger partial charge in [0.15, 0.2) is 6.29 Å². The van der Waals surface area contributed by atoms with Crippen molar-refractivity contribution in [2.75, 3.05) is 7.11 Å². The average Bonchev–Trinajstić information content (AvgIpc) is 2.47. The highest BCUT2D eigenvalue weighted by atomic mass is 32.2. The van der Waals surface area contributed by atoms with Gasteiger partial charge in [-0.2, -0.15) is 0 Å². The number of hydrogen-bond acceptors (Lipinski definition) is 5. The molecule has 2 rings (SSSR count). The molecule has 0 saturated carbocycles. The zero-order valence-corrected chi connectivity index (χ0v) is 11.4. The van der Waals surface area contributed by atoms with Crippen LogP contribution in [0.25, 0.3) is 0 Å². The fraction of sp³-hybridized carbons (Fsp3) is 0.0714. The molecule has 20 heavy (non-hydrogen) atoms. The SMILES string of the molecule is COc1cccc(Sc2ccc([N+](=O)[O-])c(C=O)c2)c1. The number of nitro groups is 1. The van der Waals surface area contributed by atoms with Crippen molar-refractivity contribution in [3.8, 4) is 5.75 Å². The van der Waals surface area contributed by atoms with Gasteiger partial charge in [-0.3, -0.25) is 14.9 Å². The van der Waals surface area contributed by atoms with Crippen molar-refractivity contribution in [1.82, 2.24) is 0 Å². The lowest BCUT2D eigenvalue weighted by molar-refractivity contribution is -0.385. The Morgan fingerprint density at radius 2 is 1.95 bits per heavy atom. The van der Waals surface area contributed by atoms with E-state index in [2.05, 4.69) is 0 Å². The third-order valence-corrected chi connectivity index (χ3v) is 3.58. The van der Waals surface area contributed by atoms with Crippen LogP contribution < -0.4 is 4.74 Å². The first-order valence-corrected chi connectivity index (χ1v) is 6.51. The summed E-state index contributed by atoms with van der Waals surface area (Å²) in [4.78, 5) is 22.8. The summed E-state index contributed by atoms with van der Waals surface area (Å²) in [6.07, 6.45) is 0.494. The molecule has 0 saturated heterocycles. The van der Waals surface area contributed by atoms with E-state index in [1.807, 2.05) is 24.3 Å². The van der Waals surface area contributed by atoms with Crippen LogP contribution in [0.2, 0.25) is 0 Å². The van der Waals surface area contributed by atoms with Crippen LogP contribution in [0.3, 0.4) is 0 Å². The van der Waals surface area contributed by atoms with Crippen LogP contribution in [0.4, 0.5) is 5.69 Å². The Balaban J connectivity index is 2.29. The standard InChI is InChI=1S/C14H11NO4S/c1-19-11-3-2-4-12(8-11)20-13-5-6-14(15(17)18)10(7-13)9-16/h2-9H,1H3. The topological polar surface area (TPSA) is 69.4 Å². The van der Waals surface area contributed by atoms with Gasteiger partial charge in [0, 0.05) is 15.9 Å². The molecule has 0 radical (unpaired) electrons. The largest absolute Gasteiger partial charge is 0.497 e. The molecule has 0 aliphatic rings. The molecule has 0 amide bonds. The number of aldehydes is 1. The minimum atomic E-state index is -0.566. The van der Waals surface area contributed by atoms with Gasteiger partial charge in [0.2, 0.25) is 0 Å². The highest BCUT2D eigenvalue weighted by Crippen LogP contribution is 2.32. The smallest absolute Gasteiger partial charge is 0.279 e. The second kappa shape index (κ2) is 6.21. The molecule has 0 atom stereocenters. The zero-order valence-electron chi connectivity index (χ0n) is 10.6. The molecule has 0 unspecified atom stereocenters. The van der Waals surface area contributed by atoms with E-state index in [1.54, 1.807) is 13.2 Å². The van der Waals surface area contributed by atoms with Gasteiger partial charge in [0.05, 0.1) is 17.6 Å². The fourth-order valence-corrected chi connectivity index (χ4v) is 2.57. The maximum Gasteiger partial charge on any atom is 0.279 e. The highest BCUT2D eigenvalue weighted by Gasteiger charge is 2.13. The number of ether oxygens (including phenoxy) is 1. The van der Waals surface area contributed by atoms with Gasteiger partial charge in [0.25, 0.3) is 5.69 Å². The molecule has 6 heteroatoms. The Hall–Kier alpha value is -2.34. The van der Waals surface area contributed by atoms with Gasteiger partial charge in [-0.25, -0.2) is 0 Å². The summed E-state index contributed by atoms with van der Waals surface area (Å²) >= 11 is 1.41. The van der Waals surface area contributed by atoms with Crippen LogP contribution in [0.5, 0.6) is 5.75 Å². The van der Waals surface area contributed by atoms with Gasteiger partial charge >= 0.3 is 0 Å². The van der Waals surface area contributed by atoms with Crippen LogP contribution in [0, 0.1) is 10.1 Å². The second-order valence-corrected chi connectivity index (χ2v) is 5.02. The molecule has 0 spiro atoms. The van der Waals surface area contributed by atoms with Gasteiger partial charge in [0.1, 0.15) is 5.75 Å². The molecule has 0 aliphatic carbocycles. The predicted molar refractivity (Wildman–Crippen MR) is 75.6 cm³/mol. The fourth-order valence-electron chi connectivity index (χ4n) is 1.66. The van der Waals surface area contributed by atoms with E-state index in [-0.39, 0.29) is 11.3 Å². The molecule has 0 aromatic heterocycles. The third kappa shape index (κ3) is 3.16. The quantitative estimate of drug-likeness (QED) is 0.478. The lowest BCUT2D eigenvalue weighted by atomic mass is 10.2. The van der Waals surface area contributed by atoms with E-state index in [0.717, 1.165) is 15.5 Å². The van der Waals surface area contributed by atoms with E-state index >= 15 is 0 Å². The zero-order chi connectivity index (χ0) is 14.5. The van der Waals surface area contributed by atoms with Crippen molar-refractivity contribution < 1.29 is 14.5 Å². The molecular formula is C14H11NO4S. The third-order valence-electron chi connectivity index (χ3n) is 2.60. The van der Waals surface area contributed by atoms with Gasteiger partial charge in [-0.05, 0) is 30.3 Å². The summed E-state index contributed by atoms with van der Waals surface area (Å²) < 4.78 is 5.13. The molecule has 102 valence electrons. The maximum absolute atomic E-state index is 10.9. The summed E-state index contributed by atoms with van der Waals surface area (Å²) in [5.74, 6) is 0.729. The normalized spacial score (nSPS) is 10.1. The molecule has 2 aromatic rings. The lowest BCUT2D eigenvalue weighted by Crippen LogP contribution is -1.94. The summed E-state index contributed by atoms with van der Waals surface area (Å²) in [7, 11) is 1.58. The summed E-state index contributed by atoms with van der Waals surface area (Å²) in [6.45, 7) is 0. The predicted octanol–water partition coefficient (Wildman–Crippen LogP) is 3.57. The van der Waals surface area contributed by atoms with Crippen LogP contribution in [-0.4, -0.2) is 18.3 Å². The number of carbonyl (C=O) groups is 1. The molecule has 0 heterocycles. The number of nitro benzene ring substituents is 1. The average molecular weight is 289 g/mol. The van der Waals surface area contributed by atoms with Crippen LogP contribution >= 0.6 is 11.8 Å². The number of benzene rings is 2. The Morgan fingerprint density at radius 1 is 1.20 bits per heavy atom. The summed E-state index contributed by atoms with van der Waals surface area (Å²) in [5.41, 5.74) is -0.113. The van der Waals surface area contributed by atoms with Crippen molar-refractivity contribution in [2.24, 2.45) is 0 Å². The van der Waals surface area contributed by atoms with E-state index in [1.165, 1.54) is 23.9 Å². The van der Waals surface area contributed by atoms with Gasteiger partial charge in [-0.1, -0.05) is 17.8 Å². The Morgan fingerprint density at radius 3 is 2.60 bits per heavy atom. The van der Waals surface area contributed by atoms with Crippen molar-refractivity contribution in [3.05, 3.63) is 58.1 Å². The summed E-state index contributed by atoms with van der Waals surface area (Å²) in [6, 6.07) is 11.9. The van der Waals surface area contributed by atoms with E-state index in [0.29, 0.717) is 6.29 Å². The highest BCUT2D eigenvalue weighted by molar-refractivity contribution is 7.99. The number of nitrogens with zero attached hydrogens (tertiary/aromatic N) is 1. The maximum atomic E-state index is 10.9. The Kier molecular flexibility index (Phi) is 4.37. The number of carbonyl (C=O) groups excluding carboxylic acids is 1. The molecule has 5 nitrogen and oxygen atoms in total. The molecule has 0 fully saturated rings. The molecule has 0 N–H and O–H groups in total. The number of rotatable bonds is 5. The first-order valence-electron chi connectivity index (χ1n) is 5.69. The van der Waals surface area contributed by atoms with E-state index in [9.17, 15) is 14.9 Å². The Bertz CT molecular complexity index is 657. The van der Waals surface area contributed by atoms with Crippen molar-refractivity contribution >= 4 is 23.7 Å². The van der Waals surface area contributed by atoms with E-state index < -0.39 is 4.92 Å². The van der Waals surface area contributed by atoms with Crippen molar-refractivity contribution in [1.29, 1.82) is 0 Å². The van der Waals surface area contributed by atoms with Crippen LogP contribution in [-0.2, 0) is 0 Å².